The summed E-state index contributed by atoms with van der Waals surface area (Å²) in [6.07, 6.45) is 1.12. The summed E-state index contributed by atoms with van der Waals surface area (Å²) in [6.45, 7) is 2.83. The molecule has 5 nitrogen and oxygen atoms in total. The largest absolute Gasteiger partial charge is 0.494 e. The zero-order chi connectivity index (χ0) is 16.8. The van der Waals surface area contributed by atoms with E-state index in [-0.39, 0.29) is 5.91 Å². The van der Waals surface area contributed by atoms with Gasteiger partial charge in [-0.1, -0.05) is 24.3 Å². The van der Waals surface area contributed by atoms with E-state index < -0.39 is 0 Å². The van der Waals surface area contributed by atoms with Crippen LogP contribution >= 0.6 is 0 Å². The molecule has 124 valence electrons. The number of carbonyl (C=O) groups excluding carboxylic acids is 1. The molecule has 0 aliphatic rings. The predicted molar refractivity (Wildman–Crippen MR) is 91.8 cm³/mol. The van der Waals surface area contributed by atoms with E-state index >= 15 is 0 Å². The molecule has 24 heavy (non-hydrogen) atoms. The van der Waals surface area contributed by atoms with Crippen LogP contribution in [0.5, 0.6) is 5.75 Å². The Kier molecular flexibility index (Phi) is 5.11. The van der Waals surface area contributed by atoms with Gasteiger partial charge in [-0.05, 0) is 36.2 Å². The highest BCUT2D eigenvalue weighted by Crippen LogP contribution is 2.16. The fourth-order valence-corrected chi connectivity index (χ4v) is 2.42. The Morgan fingerprint density at radius 3 is 2.88 bits per heavy atom. The van der Waals surface area contributed by atoms with Gasteiger partial charge in [-0.2, -0.15) is 0 Å². The molecule has 3 rings (SSSR count). The molecule has 3 aromatic rings. The van der Waals surface area contributed by atoms with Crippen molar-refractivity contribution in [3.8, 4) is 5.75 Å². The van der Waals surface area contributed by atoms with Gasteiger partial charge >= 0.3 is 0 Å². The number of fused-ring (bicyclic) bond motifs is 1. The molecule has 0 fully saturated rings. The topological polar surface area (TPSA) is 64.4 Å². The van der Waals surface area contributed by atoms with Crippen LogP contribution in [0.2, 0.25) is 0 Å². The third kappa shape index (κ3) is 4.35. The standard InChI is InChI=1S/C19H20N2O3/c1-14-21-17-10-9-15(12-18(17)24-14)13-20-19(22)8-5-11-23-16-6-3-2-4-7-16/h2-4,6-7,9-10,12H,5,8,11,13H2,1H3,(H,20,22). The highest BCUT2D eigenvalue weighted by Gasteiger charge is 2.05. The summed E-state index contributed by atoms with van der Waals surface area (Å²) in [5.41, 5.74) is 2.57. The number of hydrogen-bond acceptors (Lipinski definition) is 4. The van der Waals surface area contributed by atoms with Gasteiger partial charge in [-0.25, -0.2) is 4.98 Å². The third-order valence-corrected chi connectivity index (χ3v) is 3.61. The second kappa shape index (κ2) is 7.64. The first kappa shape index (κ1) is 16.1. The molecule has 0 radical (unpaired) electrons. The van der Waals surface area contributed by atoms with Crippen molar-refractivity contribution in [3.05, 3.63) is 60.0 Å². The van der Waals surface area contributed by atoms with E-state index in [9.17, 15) is 4.79 Å². The van der Waals surface area contributed by atoms with Crippen LogP contribution in [0, 0.1) is 6.92 Å². The molecule has 0 saturated carbocycles. The second-order valence-electron chi connectivity index (χ2n) is 5.58. The minimum atomic E-state index is 0.0144. The molecular formula is C19H20N2O3. The summed E-state index contributed by atoms with van der Waals surface area (Å²) < 4.78 is 11.1. The number of hydrogen-bond donors (Lipinski definition) is 1. The zero-order valence-corrected chi connectivity index (χ0v) is 13.6. The summed E-state index contributed by atoms with van der Waals surface area (Å²) in [4.78, 5) is 16.1. The lowest BCUT2D eigenvalue weighted by Crippen LogP contribution is -2.22. The zero-order valence-electron chi connectivity index (χ0n) is 13.6. The van der Waals surface area contributed by atoms with E-state index in [1.54, 1.807) is 0 Å². The van der Waals surface area contributed by atoms with Crippen LogP contribution in [0.1, 0.15) is 24.3 Å². The number of oxazole rings is 1. The number of rotatable bonds is 7. The number of aromatic nitrogens is 1. The molecule has 0 bridgehead atoms. The Hall–Kier alpha value is -2.82. The number of amides is 1. The highest BCUT2D eigenvalue weighted by atomic mass is 16.5. The van der Waals surface area contributed by atoms with Crippen molar-refractivity contribution in [1.29, 1.82) is 0 Å². The van der Waals surface area contributed by atoms with Crippen molar-refractivity contribution in [3.63, 3.8) is 0 Å². The number of para-hydroxylation sites is 1. The van der Waals surface area contributed by atoms with Gasteiger partial charge in [0.25, 0.3) is 0 Å². The fraction of sp³-hybridized carbons (Fsp3) is 0.263. The number of benzene rings is 2. The fourth-order valence-electron chi connectivity index (χ4n) is 2.42. The van der Waals surface area contributed by atoms with E-state index in [1.807, 2.05) is 55.5 Å². The molecule has 5 heteroatoms. The van der Waals surface area contributed by atoms with Crippen LogP contribution in [0.25, 0.3) is 11.1 Å². The Morgan fingerprint density at radius 2 is 2.04 bits per heavy atom. The molecule has 1 heterocycles. The van der Waals surface area contributed by atoms with Crippen LogP contribution in [0.15, 0.2) is 52.9 Å². The summed E-state index contributed by atoms with van der Waals surface area (Å²) in [5.74, 6) is 1.48. The van der Waals surface area contributed by atoms with Crippen molar-refractivity contribution in [2.24, 2.45) is 0 Å². The van der Waals surface area contributed by atoms with E-state index in [1.165, 1.54) is 0 Å². The van der Waals surface area contributed by atoms with E-state index in [4.69, 9.17) is 9.15 Å². The number of aryl methyl sites for hydroxylation is 1. The second-order valence-corrected chi connectivity index (χ2v) is 5.58. The molecule has 0 spiro atoms. The van der Waals surface area contributed by atoms with Gasteiger partial charge in [0.1, 0.15) is 11.3 Å². The van der Waals surface area contributed by atoms with Gasteiger partial charge in [-0.3, -0.25) is 4.79 Å². The van der Waals surface area contributed by atoms with Crippen LogP contribution in [-0.4, -0.2) is 17.5 Å². The number of carbonyl (C=O) groups is 1. The van der Waals surface area contributed by atoms with Gasteiger partial charge in [0.2, 0.25) is 5.91 Å². The number of nitrogens with zero attached hydrogens (tertiary/aromatic N) is 1. The van der Waals surface area contributed by atoms with E-state index in [2.05, 4.69) is 10.3 Å². The van der Waals surface area contributed by atoms with Crippen LogP contribution in [0.3, 0.4) is 0 Å². The van der Waals surface area contributed by atoms with Gasteiger partial charge in [0.15, 0.2) is 11.5 Å². The maximum Gasteiger partial charge on any atom is 0.220 e. The first-order valence-electron chi connectivity index (χ1n) is 8.01. The third-order valence-electron chi connectivity index (χ3n) is 3.61. The maximum absolute atomic E-state index is 11.9. The SMILES string of the molecule is Cc1nc2ccc(CNC(=O)CCCOc3ccccc3)cc2o1. The molecule has 0 aliphatic carbocycles. The molecule has 0 saturated heterocycles. The first-order valence-corrected chi connectivity index (χ1v) is 8.01. The number of nitrogens with one attached hydrogen (secondary N) is 1. The predicted octanol–water partition coefficient (Wildman–Crippen LogP) is 3.61. The van der Waals surface area contributed by atoms with Gasteiger partial charge in [0.05, 0.1) is 6.61 Å². The lowest BCUT2D eigenvalue weighted by molar-refractivity contribution is -0.121. The molecule has 2 aromatic carbocycles. The molecule has 0 aliphatic heterocycles. The van der Waals surface area contributed by atoms with Crippen molar-refractivity contribution in [2.45, 2.75) is 26.3 Å². The Balaban J connectivity index is 1.40. The average molecular weight is 324 g/mol. The maximum atomic E-state index is 11.9. The van der Waals surface area contributed by atoms with Crippen molar-refractivity contribution < 1.29 is 13.9 Å². The van der Waals surface area contributed by atoms with Gasteiger partial charge in [0, 0.05) is 19.9 Å². The normalized spacial score (nSPS) is 10.7. The monoisotopic (exact) mass is 324 g/mol. The highest BCUT2D eigenvalue weighted by molar-refractivity contribution is 5.76. The summed E-state index contributed by atoms with van der Waals surface area (Å²) in [6, 6.07) is 15.4. The van der Waals surface area contributed by atoms with Crippen LogP contribution in [0.4, 0.5) is 0 Å². The minimum Gasteiger partial charge on any atom is -0.494 e. The van der Waals surface area contributed by atoms with Crippen molar-refractivity contribution in [1.82, 2.24) is 10.3 Å². The molecular weight excluding hydrogens is 304 g/mol. The molecule has 1 aromatic heterocycles. The Labute approximate surface area is 140 Å². The average Bonchev–Trinajstić information content (AvgIpc) is 2.97. The van der Waals surface area contributed by atoms with Crippen LogP contribution < -0.4 is 10.1 Å². The molecule has 1 N–H and O–H groups in total. The van der Waals surface area contributed by atoms with Crippen LogP contribution in [-0.2, 0) is 11.3 Å². The Bertz CT molecular complexity index is 812. The summed E-state index contributed by atoms with van der Waals surface area (Å²) >= 11 is 0. The smallest absolute Gasteiger partial charge is 0.220 e. The van der Waals surface area contributed by atoms with E-state index in [0.717, 1.165) is 22.4 Å². The van der Waals surface area contributed by atoms with Crippen molar-refractivity contribution >= 4 is 17.0 Å². The minimum absolute atomic E-state index is 0.0144. The van der Waals surface area contributed by atoms with Gasteiger partial charge in [-0.15, -0.1) is 0 Å². The first-order chi connectivity index (χ1) is 11.7. The van der Waals surface area contributed by atoms with Crippen molar-refractivity contribution in [2.75, 3.05) is 6.61 Å². The summed E-state index contributed by atoms with van der Waals surface area (Å²) in [5, 5.41) is 2.91. The molecule has 0 atom stereocenters. The lowest BCUT2D eigenvalue weighted by Gasteiger charge is -2.07. The van der Waals surface area contributed by atoms with Gasteiger partial charge < -0.3 is 14.5 Å². The molecule has 0 unspecified atom stereocenters. The molecule has 1 amide bonds. The summed E-state index contributed by atoms with van der Waals surface area (Å²) in [7, 11) is 0. The van der Waals surface area contributed by atoms with E-state index in [0.29, 0.717) is 31.9 Å². The Morgan fingerprint density at radius 1 is 1.21 bits per heavy atom. The lowest BCUT2D eigenvalue weighted by atomic mass is 10.2. The number of ether oxygens (including phenoxy) is 1. The quantitative estimate of drug-likeness (QED) is 0.674.